The number of methoxy groups -OCH3 is 2. The van der Waals surface area contributed by atoms with Crippen LogP contribution in [0.3, 0.4) is 0 Å². The van der Waals surface area contributed by atoms with Crippen LogP contribution < -0.4 is 20.1 Å². The molecule has 20 nitrogen and oxygen atoms in total. The number of Topliss-reactive ketones (excluding diaryl/α,β-unsaturated/α-hetero) is 3. The molecule has 0 spiro atoms. The van der Waals surface area contributed by atoms with Crippen molar-refractivity contribution in [2.45, 2.75) is 91.3 Å². The average molecular weight is 1420 g/mol. The van der Waals surface area contributed by atoms with Gasteiger partial charge in [0.05, 0.1) is 87.5 Å². The van der Waals surface area contributed by atoms with Crippen molar-refractivity contribution < 1.29 is 86.5 Å². The van der Waals surface area contributed by atoms with Gasteiger partial charge < -0.3 is 58.7 Å². The summed E-state index contributed by atoms with van der Waals surface area (Å²) in [4.78, 5) is 95.1. The van der Waals surface area contributed by atoms with E-state index in [-0.39, 0.29) is 94.8 Å². The molecule has 2 amide bonds. The van der Waals surface area contributed by atoms with Crippen molar-refractivity contribution in [2.75, 3.05) is 67.0 Å². The SMILES string of the molecule is CC(C)(C)OC(=O)NCCOCCOc1cccc(CCC(=O)c2cc(Cl)c(C(=O)O)c(Cl)c2)c1.COC(=O)c1c(Cl)cc(C(=O)CCc2cccc(O)c2)cc1Cl.COC(=O)c1c(Cl)cc(C(=O)CCc2cccc(OCCOCCNC(=O)OC(C)(C)C)c2)cc1Cl. The zero-order valence-corrected chi connectivity index (χ0v) is 57.5. The lowest BCUT2D eigenvalue weighted by Crippen LogP contribution is -2.34. The Morgan fingerprint density at radius 1 is 0.426 bits per heavy atom. The fourth-order valence-electron chi connectivity index (χ4n) is 8.22. The van der Waals surface area contributed by atoms with Crippen LogP contribution in [0.15, 0.2) is 109 Å². The van der Waals surface area contributed by atoms with Crippen LogP contribution >= 0.6 is 69.6 Å². The number of alkyl carbamates (subject to hydrolysis) is 2. The zero-order valence-electron chi connectivity index (χ0n) is 53.0. The molecule has 0 bridgehead atoms. The standard InChI is InChI=1S/C26H31Cl2NO7.C25H29Cl2NO7.C17H14Cl2O4/c1-26(2,3)36-25(32)29-10-11-34-12-13-35-19-7-5-6-17(14-19)8-9-22(30)18-15-20(27)23(21(28)16-18)24(31)33-4;1-25(2,3)35-24(32)28-9-10-33-11-12-34-18-6-4-5-16(13-18)7-8-21(29)17-14-19(26)22(23(30)31)20(27)15-17;1-23-17(22)16-13(18)8-11(9-14(16)19)15(21)6-5-10-3-2-4-12(20)7-10/h5-7,14-16H,8-13H2,1-4H3,(H,29,32);4-6,13-15H,7-12H2,1-3H3,(H,28,32)(H,30,31);2-4,7-9,20H,5-6H2,1H3. The van der Waals surface area contributed by atoms with E-state index < -0.39 is 41.3 Å². The quantitative estimate of drug-likeness (QED) is 0.0147. The minimum absolute atomic E-state index is 0.0329. The number of aromatic hydroxyl groups is 1. The minimum Gasteiger partial charge on any atom is -0.508 e. The number of esters is 2. The van der Waals surface area contributed by atoms with Gasteiger partial charge in [-0.1, -0.05) is 106 Å². The fourth-order valence-corrected chi connectivity index (χ4v) is 10.2. The molecule has 26 heteroatoms. The van der Waals surface area contributed by atoms with Crippen LogP contribution in [0.4, 0.5) is 9.59 Å². The third kappa shape index (κ3) is 28.5. The molecule has 506 valence electrons. The van der Waals surface area contributed by atoms with Gasteiger partial charge in [-0.15, -0.1) is 0 Å². The summed E-state index contributed by atoms with van der Waals surface area (Å²) in [5, 5.41) is 23.9. The molecule has 0 aliphatic carbocycles. The van der Waals surface area contributed by atoms with Gasteiger partial charge in [-0.2, -0.15) is 0 Å². The van der Waals surface area contributed by atoms with E-state index in [0.29, 0.717) is 94.6 Å². The third-order valence-corrected chi connectivity index (χ3v) is 14.3. The Balaban J connectivity index is 0.000000308. The molecule has 0 atom stereocenters. The highest BCUT2D eigenvalue weighted by Gasteiger charge is 2.23. The monoisotopic (exact) mass is 1420 g/mol. The number of carbonyl (C=O) groups is 8. The number of carboxylic acids is 1. The molecule has 0 saturated heterocycles. The van der Waals surface area contributed by atoms with Gasteiger partial charge in [0, 0.05) is 49.0 Å². The van der Waals surface area contributed by atoms with Crippen LogP contribution in [0.1, 0.15) is 140 Å². The Kier molecular flexibility index (Phi) is 32.9. The fraction of sp³-hybridized carbons (Fsp3) is 0.353. The Morgan fingerprint density at radius 2 is 0.745 bits per heavy atom. The lowest BCUT2D eigenvalue weighted by Gasteiger charge is -2.19. The number of carbonyl (C=O) groups excluding carboxylic acids is 7. The number of phenolic OH excluding ortho intramolecular Hbond substituents is 1. The average Bonchev–Trinajstić information content (AvgIpc) is 0.902. The van der Waals surface area contributed by atoms with Crippen LogP contribution in [0.25, 0.3) is 0 Å². The van der Waals surface area contributed by atoms with E-state index >= 15 is 0 Å². The zero-order chi connectivity index (χ0) is 69.7. The van der Waals surface area contributed by atoms with Crippen molar-refractivity contribution in [3.8, 4) is 17.2 Å². The second-order valence-electron chi connectivity index (χ2n) is 22.2. The van der Waals surface area contributed by atoms with Crippen molar-refractivity contribution in [2.24, 2.45) is 0 Å². The van der Waals surface area contributed by atoms with Crippen LogP contribution in [-0.4, -0.2) is 136 Å². The van der Waals surface area contributed by atoms with Crippen molar-refractivity contribution in [1.29, 1.82) is 0 Å². The summed E-state index contributed by atoms with van der Waals surface area (Å²) in [5.41, 5.74) is 2.34. The van der Waals surface area contributed by atoms with Crippen LogP contribution in [-0.2, 0) is 47.7 Å². The highest BCUT2D eigenvalue weighted by Crippen LogP contribution is 2.31. The van der Waals surface area contributed by atoms with Gasteiger partial charge in [0.15, 0.2) is 17.3 Å². The molecule has 0 aliphatic rings. The van der Waals surface area contributed by atoms with Crippen LogP contribution in [0.2, 0.25) is 30.1 Å². The highest BCUT2D eigenvalue weighted by molar-refractivity contribution is 6.41. The summed E-state index contributed by atoms with van der Waals surface area (Å²) in [7, 11) is 2.45. The lowest BCUT2D eigenvalue weighted by atomic mass is 10.0. The number of ether oxygens (including phenoxy) is 8. The van der Waals surface area contributed by atoms with Crippen LogP contribution in [0.5, 0.6) is 17.2 Å². The summed E-state index contributed by atoms with van der Waals surface area (Å²) in [5.74, 6) is -1.63. The molecular formula is C68H74Cl6N2O18. The van der Waals surface area contributed by atoms with Gasteiger partial charge >= 0.3 is 30.1 Å². The molecule has 0 aromatic heterocycles. The molecule has 0 aliphatic heterocycles. The van der Waals surface area contributed by atoms with E-state index in [1.165, 1.54) is 50.6 Å². The maximum absolute atomic E-state index is 12.7. The Morgan fingerprint density at radius 3 is 1.05 bits per heavy atom. The molecule has 6 aromatic rings. The molecule has 4 N–H and O–H groups in total. The van der Waals surface area contributed by atoms with E-state index in [0.717, 1.165) is 16.7 Å². The first kappa shape index (κ1) is 78.8. The van der Waals surface area contributed by atoms with Gasteiger partial charge in [-0.3, -0.25) is 14.4 Å². The van der Waals surface area contributed by atoms with Gasteiger partial charge in [-0.05, 0) is 150 Å². The molecular weight excluding hydrogens is 1350 g/mol. The molecule has 0 fully saturated rings. The number of benzene rings is 6. The number of carboxylic acid groups (broad SMARTS) is 1. The van der Waals surface area contributed by atoms with E-state index in [1.807, 2.05) is 48.5 Å². The topological polar surface area (TPSA) is 275 Å². The second-order valence-corrected chi connectivity index (χ2v) is 24.7. The van der Waals surface area contributed by atoms with Gasteiger partial charge in [-0.25, -0.2) is 24.0 Å². The number of ketones is 3. The number of aromatic carboxylic acids is 1. The number of amides is 2. The summed E-state index contributed by atoms with van der Waals surface area (Å²) in [6.07, 6.45) is 1.08. The molecule has 0 unspecified atom stereocenters. The van der Waals surface area contributed by atoms with Crippen molar-refractivity contribution in [3.63, 3.8) is 0 Å². The number of rotatable bonds is 29. The molecule has 0 radical (unpaired) electrons. The van der Waals surface area contributed by atoms with E-state index in [1.54, 1.807) is 65.8 Å². The molecule has 0 heterocycles. The van der Waals surface area contributed by atoms with Crippen LogP contribution in [0, 0.1) is 0 Å². The smallest absolute Gasteiger partial charge is 0.407 e. The lowest BCUT2D eigenvalue weighted by molar-refractivity contribution is 0.0479. The number of halogens is 6. The number of phenols is 1. The number of hydrogen-bond acceptors (Lipinski definition) is 17. The van der Waals surface area contributed by atoms with Crippen molar-refractivity contribution in [1.82, 2.24) is 10.6 Å². The first-order valence-corrected chi connectivity index (χ1v) is 31.4. The summed E-state index contributed by atoms with van der Waals surface area (Å²) in [6, 6.07) is 29.8. The first-order valence-electron chi connectivity index (χ1n) is 29.2. The van der Waals surface area contributed by atoms with Crippen molar-refractivity contribution in [3.05, 3.63) is 189 Å². The Labute approximate surface area is 575 Å². The maximum Gasteiger partial charge on any atom is 0.407 e. The molecule has 0 saturated carbocycles. The van der Waals surface area contributed by atoms with Gasteiger partial charge in [0.25, 0.3) is 0 Å². The predicted molar refractivity (Wildman–Crippen MR) is 359 cm³/mol. The normalized spacial score (nSPS) is 10.9. The number of hydrogen-bond donors (Lipinski definition) is 4. The molecule has 94 heavy (non-hydrogen) atoms. The summed E-state index contributed by atoms with van der Waals surface area (Å²) in [6.45, 7) is 13.4. The second kappa shape index (κ2) is 39.3. The highest BCUT2D eigenvalue weighted by atomic mass is 35.5. The largest absolute Gasteiger partial charge is 0.508 e. The summed E-state index contributed by atoms with van der Waals surface area (Å²) < 4.78 is 41.8. The van der Waals surface area contributed by atoms with E-state index in [2.05, 4.69) is 20.1 Å². The first-order chi connectivity index (χ1) is 44.4. The minimum atomic E-state index is -1.25. The molecule has 6 aromatic carbocycles. The Bertz CT molecular complexity index is 3540. The van der Waals surface area contributed by atoms with E-state index in [9.17, 15) is 43.5 Å². The Hall–Kier alpha value is -7.66. The van der Waals surface area contributed by atoms with Gasteiger partial charge in [0.2, 0.25) is 0 Å². The van der Waals surface area contributed by atoms with Crippen molar-refractivity contribution >= 4 is 117 Å². The molecule has 6 rings (SSSR count). The number of nitrogens with one attached hydrogen (secondary N) is 2. The summed E-state index contributed by atoms with van der Waals surface area (Å²) >= 11 is 36.2. The van der Waals surface area contributed by atoms with Gasteiger partial charge in [0.1, 0.15) is 41.7 Å². The third-order valence-electron chi connectivity index (χ3n) is 12.5. The van der Waals surface area contributed by atoms with E-state index in [4.69, 9.17) is 103 Å². The number of aryl methyl sites for hydroxylation is 3. The predicted octanol–water partition coefficient (Wildman–Crippen LogP) is 15.2. The maximum atomic E-state index is 12.7.